The van der Waals surface area contributed by atoms with E-state index in [9.17, 15) is 14.7 Å². The summed E-state index contributed by atoms with van der Waals surface area (Å²) in [6.45, 7) is 0.509. The first-order valence-electron chi connectivity index (χ1n) is 6.25. The van der Waals surface area contributed by atoms with Crippen molar-refractivity contribution in [2.45, 2.75) is 18.3 Å². The molecular weight excluding hydrogens is 246 g/mol. The summed E-state index contributed by atoms with van der Waals surface area (Å²) in [6, 6.07) is 4.82. The van der Waals surface area contributed by atoms with E-state index < -0.39 is 5.97 Å². The molecular formula is C14H15NO4. The molecule has 100 valence electrons. The van der Waals surface area contributed by atoms with Crippen molar-refractivity contribution in [3.05, 3.63) is 29.3 Å². The van der Waals surface area contributed by atoms with Gasteiger partial charge in [-0.1, -0.05) is 0 Å². The molecule has 0 radical (unpaired) electrons. The zero-order valence-corrected chi connectivity index (χ0v) is 10.7. The Labute approximate surface area is 110 Å². The summed E-state index contributed by atoms with van der Waals surface area (Å²) < 4.78 is 4.62. The smallest absolute Gasteiger partial charge is 0.325 e. The van der Waals surface area contributed by atoms with Gasteiger partial charge in [0.1, 0.15) is 12.3 Å². The molecule has 0 bridgehead atoms. The van der Waals surface area contributed by atoms with E-state index >= 15 is 0 Å². The minimum absolute atomic E-state index is 0.0165. The highest BCUT2D eigenvalue weighted by Crippen LogP contribution is 2.52. The Morgan fingerprint density at radius 2 is 2.21 bits per heavy atom. The molecule has 0 saturated heterocycles. The highest BCUT2D eigenvalue weighted by Gasteiger charge is 2.51. The Morgan fingerprint density at radius 3 is 2.84 bits per heavy atom. The number of phenols is 1. The summed E-state index contributed by atoms with van der Waals surface area (Å²) in [6.07, 6.45) is 1.96. The number of phenolic OH excluding ortho intramolecular Hbond substituents is 1. The van der Waals surface area contributed by atoms with Crippen LogP contribution < -0.4 is 0 Å². The fourth-order valence-electron chi connectivity index (χ4n) is 2.78. The van der Waals surface area contributed by atoms with Gasteiger partial charge in [0, 0.05) is 17.5 Å². The fraction of sp³-hybridized carbons (Fsp3) is 0.429. The highest BCUT2D eigenvalue weighted by atomic mass is 16.5. The number of nitrogens with zero attached hydrogens (tertiary/aromatic N) is 1. The lowest BCUT2D eigenvalue weighted by atomic mass is 9.86. The number of esters is 1. The van der Waals surface area contributed by atoms with E-state index in [0.717, 1.165) is 18.4 Å². The molecule has 5 heteroatoms. The lowest BCUT2D eigenvalue weighted by Crippen LogP contribution is -2.45. The third-order valence-corrected chi connectivity index (χ3v) is 3.99. The van der Waals surface area contributed by atoms with Crippen LogP contribution in [-0.4, -0.2) is 42.1 Å². The standard InChI is InChI=1S/C14H15NO4/c1-19-12(17)7-15-8-14(4-5-14)11-6-9(16)2-3-10(11)13(15)18/h2-3,6,16H,4-5,7-8H2,1H3. The molecule has 3 rings (SSSR count). The van der Waals surface area contributed by atoms with Crippen LogP contribution in [0.4, 0.5) is 0 Å². The summed E-state index contributed by atoms with van der Waals surface area (Å²) in [7, 11) is 1.32. The van der Waals surface area contributed by atoms with Gasteiger partial charge in [0.2, 0.25) is 0 Å². The predicted octanol–water partition coefficient (Wildman–Crippen LogP) is 1.05. The van der Waals surface area contributed by atoms with Crippen LogP contribution in [0.5, 0.6) is 5.75 Å². The number of carbonyl (C=O) groups excluding carboxylic acids is 2. The normalized spacial score (nSPS) is 19.2. The summed E-state index contributed by atoms with van der Waals surface area (Å²) >= 11 is 0. The molecule has 1 aromatic carbocycles. The van der Waals surface area contributed by atoms with E-state index in [4.69, 9.17) is 0 Å². The molecule has 1 aromatic rings. The van der Waals surface area contributed by atoms with Gasteiger partial charge in [-0.3, -0.25) is 9.59 Å². The van der Waals surface area contributed by atoms with Gasteiger partial charge in [-0.2, -0.15) is 0 Å². The number of hydrogen-bond acceptors (Lipinski definition) is 4. The van der Waals surface area contributed by atoms with Gasteiger partial charge in [-0.25, -0.2) is 0 Å². The maximum atomic E-state index is 12.3. The number of hydrogen-bond donors (Lipinski definition) is 1. The fourth-order valence-corrected chi connectivity index (χ4v) is 2.78. The minimum Gasteiger partial charge on any atom is -0.508 e. The number of carbonyl (C=O) groups is 2. The first kappa shape index (κ1) is 12.0. The summed E-state index contributed by atoms with van der Waals surface area (Å²) in [5.74, 6) is -0.399. The number of aromatic hydroxyl groups is 1. The number of amides is 1. The molecule has 0 aromatic heterocycles. The van der Waals surface area contributed by atoms with E-state index in [1.54, 1.807) is 12.1 Å². The average Bonchev–Trinajstić information content (AvgIpc) is 3.16. The summed E-state index contributed by atoms with van der Waals surface area (Å²) in [5, 5.41) is 9.58. The molecule has 1 spiro atoms. The number of ether oxygens (including phenoxy) is 1. The molecule has 2 aliphatic rings. The van der Waals surface area contributed by atoms with Gasteiger partial charge >= 0.3 is 5.97 Å². The third kappa shape index (κ3) is 1.85. The lowest BCUT2D eigenvalue weighted by molar-refractivity contribution is -0.141. The first-order chi connectivity index (χ1) is 9.05. The first-order valence-corrected chi connectivity index (χ1v) is 6.25. The van der Waals surface area contributed by atoms with Crippen molar-refractivity contribution in [3.8, 4) is 5.75 Å². The molecule has 0 unspecified atom stereocenters. The Morgan fingerprint density at radius 1 is 1.47 bits per heavy atom. The number of rotatable bonds is 2. The molecule has 5 nitrogen and oxygen atoms in total. The van der Waals surface area contributed by atoms with Gasteiger partial charge in [0.15, 0.2) is 0 Å². The van der Waals surface area contributed by atoms with Gasteiger partial charge in [-0.15, -0.1) is 0 Å². The van der Waals surface area contributed by atoms with E-state index in [1.807, 2.05) is 0 Å². The highest BCUT2D eigenvalue weighted by molar-refractivity contribution is 5.99. The number of fused-ring (bicyclic) bond motifs is 2. The van der Waals surface area contributed by atoms with E-state index in [1.165, 1.54) is 18.1 Å². The number of benzene rings is 1. The van der Waals surface area contributed by atoms with Crippen molar-refractivity contribution >= 4 is 11.9 Å². The van der Waals surface area contributed by atoms with Crippen molar-refractivity contribution in [2.75, 3.05) is 20.2 Å². The predicted molar refractivity (Wildman–Crippen MR) is 66.9 cm³/mol. The summed E-state index contributed by atoms with van der Waals surface area (Å²) in [4.78, 5) is 25.2. The monoisotopic (exact) mass is 261 g/mol. The zero-order chi connectivity index (χ0) is 13.6. The molecule has 0 atom stereocenters. The van der Waals surface area contributed by atoms with Gasteiger partial charge in [0.25, 0.3) is 5.91 Å². The second kappa shape index (κ2) is 3.98. The van der Waals surface area contributed by atoms with Gasteiger partial charge in [0.05, 0.1) is 7.11 Å². The zero-order valence-electron chi connectivity index (χ0n) is 10.7. The SMILES string of the molecule is COC(=O)CN1CC2(CC2)c2cc(O)ccc2C1=O. The Hall–Kier alpha value is -2.04. The quantitative estimate of drug-likeness (QED) is 0.808. The van der Waals surface area contributed by atoms with Crippen LogP contribution in [0, 0.1) is 0 Å². The Kier molecular flexibility index (Phi) is 2.52. The van der Waals surface area contributed by atoms with Crippen molar-refractivity contribution < 1.29 is 19.4 Å². The second-order valence-electron chi connectivity index (χ2n) is 5.25. The lowest BCUT2D eigenvalue weighted by Gasteiger charge is -2.34. The van der Waals surface area contributed by atoms with E-state index in [-0.39, 0.29) is 23.6 Å². The molecule has 1 aliphatic carbocycles. The largest absolute Gasteiger partial charge is 0.508 e. The maximum absolute atomic E-state index is 12.3. The van der Waals surface area contributed by atoms with Crippen LogP contribution in [0.1, 0.15) is 28.8 Å². The van der Waals surface area contributed by atoms with Crippen LogP contribution in [0.2, 0.25) is 0 Å². The van der Waals surface area contributed by atoms with Crippen LogP contribution in [0.15, 0.2) is 18.2 Å². The average molecular weight is 261 g/mol. The Bertz CT molecular complexity index is 563. The molecule has 1 fully saturated rings. The molecule has 1 saturated carbocycles. The topological polar surface area (TPSA) is 66.8 Å². The maximum Gasteiger partial charge on any atom is 0.325 e. The van der Waals surface area contributed by atoms with Gasteiger partial charge in [-0.05, 0) is 36.6 Å². The van der Waals surface area contributed by atoms with Crippen LogP contribution in [-0.2, 0) is 14.9 Å². The molecule has 1 aliphatic heterocycles. The van der Waals surface area contributed by atoms with Crippen LogP contribution >= 0.6 is 0 Å². The van der Waals surface area contributed by atoms with Crippen molar-refractivity contribution in [1.82, 2.24) is 4.90 Å². The molecule has 1 heterocycles. The molecule has 1 amide bonds. The van der Waals surface area contributed by atoms with Crippen LogP contribution in [0.25, 0.3) is 0 Å². The van der Waals surface area contributed by atoms with Crippen LogP contribution in [0.3, 0.4) is 0 Å². The molecule has 19 heavy (non-hydrogen) atoms. The van der Waals surface area contributed by atoms with Crippen molar-refractivity contribution in [1.29, 1.82) is 0 Å². The minimum atomic E-state index is -0.411. The van der Waals surface area contributed by atoms with E-state index in [2.05, 4.69) is 4.74 Å². The second-order valence-corrected chi connectivity index (χ2v) is 5.25. The van der Waals surface area contributed by atoms with Gasteiger partial charge < -0.3 is 14.7 Å². The van der Waals surface area contributed by atoms with E-state index in [0.29, 0.717) is 12.1 Å². The number of methoxy groups -OCH3 is 1. The molecule has 1 N–H and O–H groups in total. The third-order valence-electron chi connectivity index (χ3n) is 3.99. The van der Waals surface area contributed by atoms with Crippen molar-refractivity contribution in [2.24, 2.45) is 0 Å². The van der Waals surface area contributed by atoms with Crippen molar-refractivity contribution in [3.63, 3.8) is 0 Å². The Balaban J connectivity index is 1.97. The summed E-state index contributed by atoms with van der Waals surface area (Å²) in [5.41, 5.74) is 1.43.